The van der Waals surface area contributed by atoms with Crippen molar-refractivity contribution in [2.75, 3.05) is 56.1 Å². The Labute approximate surface area is 235 Å². The van der Waals surface area contributed by atoms with Crippen molar-refractivity contribution in [2.45, 2.75) is 25.6 Å². The van der Waals surface area contributed by atoms with Crippen molar-refractivity contribution in [1.82, 2.24) is 15.1 Å². The van der Waals surface area contributed by atoms with Gasteiger partial charge in [0.1, 0.15) is 5.75 Å². The number of carbonyl (C=O) groups is 2. The van der Waals surface area contributed by atoms with E-state index in [1.165, 1.54) is 5.56 Å². The van der Waals surface area contributed by atoms with Gasteiger partial charge in [-0.2, -0.15) is 0 Å². The Balaban J connectivity index is 1.20. The lowest BCUT2D eigenvalue weighted by molar-refractivity contribution is -0.140. The van der Waals surface area contributed by atoms with Crippen LogP contribution in [0.4, 0.5) is 16.2 Å². The lowest BCUT2D eigenvalue weighted by atomic mass is 9.94. The molecule has 0 spiro atoms. The van der Waals surface area contributed by atoms with Gasteiger partial charge >= 0.3 is 6.03 Å². The third-order valence-electron chi connectivity index (χ3n) is 7.44. The Bertz CT molecular complexity index is 1290. The number of anilines is 2. The fourth-order valence-corrected chi connectivity index (χ4v) is 5.36. The number of para-hydroxylation sites is 1. The van der Waals surface area contributed by atoms with Crippen molar-refractivity contribution in [1.29, 1.82) is 0 Å². The highest BCUT2D eigenvalue weighted by Crippen LogP contribution is 2.40. The summed E-state index contributed by atoms with van der Waals surface area (Å²) in [5.74, 6) is -0.00526. The second-order valence-corrected chi connectivity index (χ2v) is 10.1. The number of amides is 3. The average molecular weight is 544 g/mol. The molecule has 9 heteroatoms. The van der Waals surface area contributed by atoms with Crippen molar-refractivity contribution < 1.29 is 19.4 Å². The van der Waals surface area contributed by atoms with Crippen LogP contribution < -0.4 is 20.3 Å². The molecule has 1 saturated heterocycles. The topological polar surface area (TPSA) is 97.4 Å². The maximum absolute atomic E-state index is 13.6. The van der Waals surface area contributed by atoms with E-state index < -0.39 is 17.7 Å². The third kappa shape index (κ3) is 5.96. The predicted octanol–water partition coefficient (Wildman–Crippen LogP) is 3.61. The molecule has 2 aliphatic rings. The van der Waals surface area contributed by atoms with E-state index in [2.05, 4.69) is 44.7 Å². The SMILES string of the molecule is CCOc1ccc(N2C(=O)Nc3ccccc3[C@@]2(O)C(=O)NCCCN2CCN(Cc3ccccc3)CC2)cc1. The zero-order valence-corrected chi connectivity index (χ0v) is 22.9. The largest absolute Gasteiger partial charge is 0.494 e. The first-order valence-electron chi connectivity index (χ1n) is 13.9. The molecule has 3 aromatic rings. The van der Waals surface area contributed by atoms with Crippen LogP contribution in [-0.2, 0) is 17.1 Å². The molecule has 3 N–H and O–H groups in total. The lowest BCUT2D eigenvalue weighted by Crippen LogP contribution is -2.62. The summed E-state index contributed by atoms with van der Waals surface area (Å²) in [7, 11) is 0. The zero-order chi connectivity index (χ0) is 28.0. The maximum Gasteiger partial charge on any atom is 0.329 e. The summed E-state index contributed by atoms with van der Waals surface area (Å²) in [6, 6.07) is 23.5. The number of fused-ring (bicyclic) bond motifs is 1. The Morgan fingerprint density at radius 2 is 1.62 bits per heavy atom. The van der Waals surface area contributed by atoms with Gasteiger partial charge in [-0.25, -0.2) is 4.79 Å². The Morgan fingerprint density at radius 1 is 0.950 bits per heavy atom. The van der Waals surface area contributed by atoms with Crippen LogP contribution in [-0.4, -0.2) is 72.7 Å². The summed E-state index contributed by atoms with van der Waals surface area (Å²) in [5, 5.41) is 17.6. The summed E-state index contributed by atoms with van der Waals surface area (Å²) >= 11 is 0. The fourth-order valence-electron chi connectivity index (χ4n) is 5.36. The number of rotatable bonds is 10. The molecule has 0 aromatic heterocycles. The summed E-state index contributed by atoms with van der Waals surface area (Å²) in [4.78, 5) is 32.8. The number of carbonyl (C=O) groups excluding carboxylic acids is 2. The molecule has 40 heavy (non-hydrogen) atoms. The molecule has 1 fully saturated rings. The van der Waals surface area contributed by atoms with Crippen LogP contribution in [0.25, 0.3) is 0 Å². The number of benzene rings is 3. The molecule has 5 rings (SSSR count). The van der Waals surface area contributed by atoms with Gasteiger partial charge in [-0.15, -0.1) is 0 Å². The number of hydrogen-bond acceptors (Lipinski definition) is 6. The van der Waals surface area contributed by atoms with Crippen molar-refractivity contribution >= 4 is 23.3 Å². The summed E-state index contributed by atoms with van der Waals surface area (Å²) in [5.41, 5.74) is 0.210. The summed E-state index contributed by atoms with van der Waals surface area (Å²) < 4.78 is 5.51. The highest BCUT2D eigenvalue weighted by atomic mass is 16.5. The van der Waals surface area contributed by atoms with Crippen LogP contribution >= 0.6 is 0 Å². The summed E-state index contributed by atoms with van der Waals surface area (Å²) in [6.45, 7) is 8.54. The van der Waals surface area contributed by atoms with E-state index in [0.29, 0.717) is 35.8 Å². The monoisotopic (exact) mass is 543 g/mol. The van der Waals surface area contributed by atoms with Gasteiger partial charge in [0.25, 0.3) is 11.6 Å². The van der Waals surface area contributed by atoms with Gasteiger partial charge in [0.05, 0.1) is 12.3 Å². The number of nitrogens with one attached hydrogen (secondary N) is 2. The Kier molecular flexibility index (Phi) is 8.64. The van der Waals surface area contributed by atoms with E-state index in [9.17, 15) is 14.7 Å². The average Bonchev–Trinajstić information content (AvgIpc) is 2.97. The van der Waals surface area contributed by atoms with Crippen LogP contribution in [0.1, 0.15) is 24.5 Å². The number of nitrogens with zero attached hydrogens (tertiary/aromatic N) is 3. The normalized spacial score (nSPS) is 19.6. The predicted molar refractivity (Wildman–Crippen MR) is 155 cm³/mol. The van der Waals surface area contributed by atoms with Gasteiger partial charge in [-0.3, -0.25) is 14.6 Å². The van der Waals surface area contributed by atoms with Gasteiger partial charge < -0.3 is 25.4 Å². The molecule has 0 radical (unpaired) electrons. The third-order valence-corrected chi connectivity index (χ3v) is 7.44. The minimum Gasteiger partial charge on any atom is -0.494 e. The Hall–Kier alpha value is -3.92. The fraction of sp³-hybridized carbons (Fsp3) is 0.355. The van der Waals surface area contributed by atoms with Crippen molar-refractivity contribution in [3.63, 3.8) is 0 Å². The van der Waals surface area contributed by atoms with Crippen LogP contribution in [0.15, 0.2) is 78.9 Å². The molecule has 210 valence electrons. The lowest BCUT2D eigenvalue weighted by Gasteiger charge is -2.42. The van der Waals surface area contributed by atoms with Crippen LogP contribution in [0.5, 0.6) is 5.75 Å². The van der Waals surface area contributed by atoms with Crippen LogP contribution in [0.3, 0.4) is 0 Å². The number of piperazine rings is 1. The van der Waals surface area contributed by atoms with E-state index in [0.717, 1.165) is 50.6 Å². The first-order chi connectivity index (χ1) is 19.5. The number of hydrogen-bond donors (Lipinski definition) is 3. The number of urea groups is 1. The molecule has 0 saturated carbocycles. The van der Waals surface area contributed by atoms with Gasteiger partial charge in [-0.1, -0.05) is 48.5 Å². The molecule has 3 aromatic carbocycles. The minimum absolute atomic E-state index is 0.315. The molecule has 9 nitrogen and oxygen atoms in total. The molecule has 0 aliphatic carbocycles. The van der Waals surface area contributed by atoms with Gasteiger partial charge in [0, 0.05) is 50.5 Å². The van der Waals surface area contributed by atoms with Gasteiger partial charge in [-0.05, 0) is 55.8 Å². The van der Waals surface area contributed by atoms with Gasteiger partial charge in [0.2, 0.25) is 0 Å². The molecule has 0 bridgehead atoms. The van der Waals surface area contributed by atoms with Crippen molar-refractivity contribution in [3.8, 4) is 5.75 Å². The molecule has 0 unspecified atom stereocenters. The van der Waals surface area contributed by atoms with Gasteiger partial charge in [0.15, 0.2) is 0 Å². The minimum atomic E-state index is -2.21. The second-order valence-electron chi connectivity index (χ2n) is 10.1. The van der Waals surface area contributed by atoms with Crippen LogP contribution in [0.2, 0.25) is 0 Å². The standard InChI is InChI=1S/C31H37N5O4/c1-2-40-26-15-13-25(14-16-26)36-30(38)33-28-12-7-6-11-27(28)31(36,39)29(37)32-17-8-18-34-19-21-35(22-20-34)23-24-9-4-3-5-10-24/h3-7,9-16,39H,2,8,17-23H2,1H3,(H,32,37)(H,33,38)/t31-/m1/s1. The van der Waals surface area contributed by atoms with Crippen LogP contribution in [0, 0.1) is 0 Å². The van der Waals surface area contributed by atoms with E-state index in [1.54, 1.807) is 48.5 Å². The van der Waals surface area contributed by atoms with Crippen molar-refractivity contribution in [2.24, 2.45) is 0 Å². The van der Waals surface area contributed by atoms with E-state index in [-0.39, 0.29) is 0 Å². The van der Waals surface area contributed by atoms with E-state index in [4.69, 9.17) is 4.74 Å². The summed E-state index contributed by atoms with van der Waals surface area (Å²) in [6.07, 6.45) is 0.734. The van der Waals surface area contributed by atoms with Crippen molar-refractivity contribution in [3.05, 3.63) is 90.0 Å². The molecular weight excluding hydrogens is 506 g/mol. The van der Waals surface area contributed by atoms with E-state index >= 15 is 0 Å². The highest BCUT2D eigenvalue weighted by molar-refractivity contribution is 6.11. The Morgan fingerprint density at radius 3 is 2.35 bits per heavy atom. The first kappa shape index (κ1) is 27.6. The quantitative estimate of drug-likeness (QED) is 0.338. The zero-order valence-electron chi connectivity index (χ0n) is 22.9. The highest BCUT2D eigenvalue weighted by Gasteiger charge is 2.51. The molecule has 3 amide bonds. The smallest absolute Gasteiger partial charge is 0.329 e. The maximum atomic E-state index is 13.6. The number of ether oxygens (including phenoxy) is 1. The first-order valence-corrected chi connectivity index (χ1v) is 13.9. The molecule has 2 heterocycles. The molecule has 2 aliphatic heterocycles. The molecular formula is C31H37N5O4. The van der Waals surface area contributed by atoms with E-state index in [1.807, 2.05) is 13.0 Å². The molecule has 1 atom stereocenters. The number of aliphatic hydroxyl groups is 1. The second kappa shape index (κ2) is 12.5.